The lowest BCUT2D eigenvalue weighted by molar-refractivity contribution is -0.174. The highest BCUT2D eigenvalue weighted by molar-refractivity contribution is 5.41. The van der Waals surface area contributed by atoms with Crippen molar-refractivity contribution in [2.75, 3.05) is 0 Å². The second kappa shape index (κ2) is 6.17. The zero-order chi connectivity index (χ0) is 17.9. The van der Waals surface area contributed by atoms with E-state index in [9.17, 15) is 20.4 Å². The standard InChI is InChI=1S/C20H30O5/c1-10(21)25-19-17(24)9-15-18-14(5-6-20(15,19)2)13-4-3-12(22)7-11(13)8-16(18)23/h7,10,12-14,16-17,19,21-24H,3-6,8-9H2,1-2H3/t10?,12-,13?,14?,16-,17+,19-,20-/m0/s1. The molecule has 140 valence electrons. The van der Waals surface area contributed by atoms with Gasteiger partial charge in [0.05, 0.1) is 24.4 Å². The average Bonchev–Trinajstić information content (AvgIpc) is 2.78. The molecule has 4 N–H and O–H groups in total. The summed E-state index contributed by atoms with van der Waals surface area (Å²) in [7, 11) is 0. The molecular weight excluding hydrogens is 320 g/mol. The summed E-state index contributed by atoms with van der Waals surface area (Å²) in [5, 5.41) is 41.1. The van der Waals surface area contributed by atoms with Gasteiger partial charge in [0.2, 0.25) is 0 Å². The molecule has 4 rings (SSSR count). The van der Waals surface area contributed by atoms with Gasteiger partial charge in [0.15, 0.2) is 6.29 Å². The molecule has 0 aliphatic heterocycles. The molecule has 3 unspecified atom stereocenters. The van der Waals surface area contributed by atoms with Crippen molar-refractivity contribution in [3.8, 4) is 0 Å². The third kappa shape index (κ3) is 2.72. The summed E-state index contributed by atoms with van der Waals surface area (Å²) in [6.07, 6.45) is 3.77. The van der Waals surface area contributed by atoms with Crippen LogP contribution in [0.2, 0.25) is 0 Å². The van der Waals surface area contributed by atoms with Gasteiger partial charge in [-0.05, 0) is 62.9 Å². The topological polar surface area (TPSA) is 90.2 Å². The number of rotatable bonds is 2. The maximum Gasteiger partial charge on any atom is 0.152 e. The Morgan fingerprint density at radius 1 is 1.12 bits per heavy atom. The van der Waals surface area contributed by atoms with Crippen LogP contribution in [0.1, 0.15) is 52.4 Å². The minimum Gasteiger partial charge on any atom is -0.390 e. The first-order valence-electron chi connectivity index (χ1n) is 9.63. The molecule has 0 spiro atoms. The van der Waals surface area contributed by atoms with Gasteiger partial charge in [0.25, 0.3) is 0 Å². The molecule has 2 fully saturated rings. The predicted octanol–water partition coefficient (Wildman–Crippen LogP) is 1.65. The van der Waals surface area contributed by atoms with Crippen molar-refractivity contribution in [1.29, 1.82) is 0 Å². The summed E-state index contributed by atoms with van der Waals surface area (Å²) in [4.78, 5) is 0. The van der Waals surface area contributed by atoms with Crippen molar-refractivity contribution in [1.82, 2.24) is 0 Å². The van der Waals surface area contributed by atoms with Gasteiger partial charge in [-0.3, -0.25) is 0 Å². The Balaban J connectivity index is 1.73. The normalized spacial score (nSPS) is 47.7. The van der Waals surface area contributed by atoms with E-state index in [1.165, 1.54) is 5.57 Å². The molecule has 0 bridgehead atoms. The maximum atomic E-state index is 10.9. The first kappa shape index (κ1) is 17.7. The highest BCUT2D eigenvalue weighted by Crippen LogP contribution is 2.59. The number of hydrogen-bond acceptors (Lipinski definition) is 5. The SMILES string of the molecule is CC(O)O[C@H]1[C@H](O)CC2=C3C(CC[C@@]21C)C1CC[C@H](O)C=C1C[C@@H]3O. The summed E-state index contributed by atoms with van der Waals surface area (Å²) in [5.41, 5.74) is 3.15. The lowest BCUT2D eigenvalue weighted by Crippen LogP contribution is -2.45. The van der Waals surface area contributed by atoms with Crippen LogP contribution in [-0.4, -0.2) is 51.1 Å². The van der Waals surface area contributed by atoms with Crippen molar-refractivity contribution in [2.24, 2.45) is 17.3 Å². The fourth-order valence-corrected chi connectivity index (χ4v) is 6.04. The van der Waals surface area contributed by atoms with E-state index >= 15 is 0 Å². The zero-order valence-electron chi connectivity index (χ0n) is 15.1. The van der Waals surface area contributed by atoms with Crippen LogP contribution in [0.25, 0.3) is 0 Å². The summed E-state index contributed by atoms with van der Waals surface area (Å²) in [5.74, 6) is 0.718. The van der Waals surface area contributed by atoms with Gasteiger partial charge >= 0.3 is 0 Å². The molecule has 5 nitrogen and oxygen atoms in total. The van der Waals surface area contributed by atoms with Crippen molar-refractivity contribution in [2.45, 2.75) is 83.1 Å². The summed E-state index contributed by atoms with van der Waals surface area (Å²) < 4.78 is 5.68. The Kier molecular flexibility index (Phi) is 4.36. The van der Waals surface area contributed by atoms with Crippen molar-refractivity contribution < 1.29 is 25.2 Å². The Morgan fingerprint density at radius 3 is 2.60 bits per heavy atom. The van der Waals surface area contributed by atoms with E-state index in [1.54, 1.807) is 6.92 Å². The minimum absolute atomic E-state index is 0.308. The maximum absolute atomic E-state index is 10.9. The van der Waals surface area contributed by atoms with Crippen molar-refractivity contribution >= 4 is 0 Å². The van der Waals surface area contributed by atoms with Gasteiger partial charge < -0.3 is 25.2 Å². The fraction of sp³-hybridized carbons (Fsp3) is 0.800. The van der Waals surface area contributed by atoms with Gasteiger partial charge in [-0.2, -0.15) is 0 Å². The molecule has 0 aromatic heterocycles. The highest BCUT2D eigenvalue weighted by atomic mass is 16.6. The number of fused-ring (bicyclic) bond motifs is 4. The van der Waals surface area contributed by atoms with Gasteiger partial charge in [-0.1, -0.05) is 24.1 Å². The zero-order valence-corrected chi connectivity index (χ0v) is 15.1. The molecule has 4 aliphatic carbocycles. The molecule has 5 heteroatoms. The molecule has 0 saturated heterocycles. The first-order valence-corrected chi connectivity index (χ1v) is 9.63. The second-order valence-electron chi connectivity index (χ2n) is 8.64. The molecule has 4 aliphatic rings. The Hall–Kier alpha value is -0.720. The molecule has 8 atom stereocenters. The van der Waals surface area contributed by atoms with Gasteiger partial charge in [0.1, 0.15) is 0 Å². The Bertz CT molecular complexity index is 609. The monoisotopic (exact) mass is 350 g/mol. The molecule has 0 aromatic rings. The minimum atomic E-state index is -0.913. The van der Waals surface area contributed by atoms with Crippen LogP contribution in [-0.2, 0) is 4.74 Å². The Labute approximate surface area is 149 Å². The molecular formula is C20H30O5. The van der Waals surface area contributed by atoms with Gasteiger partial charge in [-0.25, -0.2) is 0 Å². The van der Waals surface area contributed by atoms with E-state index in [4.69, 9.17) is 4.74 Å². The molecule has 2 saturated carbocycles. The van der Waals surface area contributed by atoms with E-state index in [-0.39, 0.29) is 11.5 Å². The lowest BCUT2D eigenvalue weighted by Gasteiger charge is -2.49. The van der Waals surface area contributed by atoms with Gasteiger partial charge in [-0.15, -0.1) is 0 Å². The fourth-order valence-electron chi connectivity index (χ4n) is 6.04. The van der Waals surface area contributed by atoms with Gasteiger partial charge in [0, 0.05) is 5.41 Å². The quantitative estimate of drug-likeness (QED) is 0.449. The first-order chi connectivity index (χ1) is 11.8. The summed E-state index contributed by atoms with van der Waals surface area (Å²) in [6, 6.07) is 0. The molecule has 25 heavy (non-hydrogen) atoms. The average molecular weight is 350 g/mol. The summed E-state index contributed by atoms with van der Waals surface area (Å²) in [6.45, 7) is 3.68. The largest absolute Gasteiger partial charge is 0.390 e. The van der Waals surface area contributed by atoms with E-state index < -0.39 is 24.6 Å². The number of ether oxygens (including phenoxy) is 1. The van der Waals surface area contributed by atoms with Crippen LogP contribution in [0.15, 0.2) is 22.8 Å². The molecule has 0 amide bonds. The van der Waals surface area contributed by atoms with Crippen LogP contribution in [0.5, 0.6) is 0 Å². The van der Waals surface area contributed by atoms with Crippen molar-refractivity contribution in [3.63, 3.8) is 0 Å². The Morgan fingerprint density at radius 2 is 1.88 bits per heavy atom. The number of aliphatic hydroxyl groups excluding tert-OH is 4. The van der Waals surface area contributed by atoms with Crippen LogP contribution in [0.3, 0.4) is 0 Å². The molecule has 0 radical (unpaired) electrons. The van der Waals surface area contributed by atoms with E-state index in [1.807, 2.05) is 6.08 Å². The van der Waals surface area contributed by atoms with E-state index in [0.29, 0.717) is 24.7 Å². The number of hydrogen-bond donors (Lipinski definition) is 4. The highest BCUT2D eigenvalue weighted by Gasteiger charge is 2.55. The summed E-state index contributed by atoms with van der Waals surface area (Å²) >= 11 is 0. The lowest BCUT2D eigenvalue weighted by atomic mass is 9.58. The molecule has 0 aromatic carbocycles. The van der Waals surface area contributed by atoms with Crippen LogP contribution in [0, 0.1) is 17.3 Å². The van der Waals surface area contributed by atoms with E-state index in [0.717, 1.165) is 36.8 Å². The predicted molar refractivity (Wildman–Crippen MR) is 92.5 cm³/mol. The third-order valence-corrected chi connectivity index (χ3v) is 7.08. The second-order valence-corrected chi connectivity index (χ2v) is 8.64. The van der Waals surface area contributed by atoms with Crippen LogP contribution < -0.4 is 0 Å². The smallest absolute Gasteiger partial charge is 0.152 e. The third-order valence-electron chi connectivity index (χ3n) is 7.08. The van der Waals surface area contributed by atoms with E-state index in [2.05, 4.69) is 6.92 Å². The molecule has 0 heterocycles. The van der Waals surface area contributed by atoms with Crippen LogP contribution in [0.4, 0.5) is 0 Å². The van der Waals surface area contributed by atoms with Crippen LogP contribution >= 0.6 is 0 Å². The number of aliphatic hydroxyl groups is 4. The van der Waals surface area contributed by atoms with Crippen molar-refractivity contribution in [3.05, 3.63) is 22.8 Å².